The Hall–Kier alpha value is -2.29. The number of hydrogen-bond donors (Lipinski definition) is 1. The largest absolute Gasteiger partial charge is 0.362 e. The highest BCUT2D eigenvalue weighted by molar-refractivity contribution is 5.94. The zero-order valence-electron chi connectivity index (χ0n) is 14.8. The van der Waals surface area contributed by atoms with Gasteiger partial charge >= 0.3 is 0 Å². The SMILES string of the molecule is CC(C)(C)c1ccc(NC(=O)CN2CCCc3ccccc32)cc1. The number of carbonyl (C=O) groups is 1. The standard InChI is InChI=1S/C21H26N2O/c1-21(2,3)17-10-12-18(13-11-17)22-20(24)15-23-14-6-8-16-7-4-5-9-19(16)23/h4-5,7,9-13H,6,8,14-15H2,1-3H3,(H,22,24). The van der Waals surface area contributed by atoms with Gasteiger partial charge in [-0.25, -0.2) is 0 Å². The molecule has 1 N–H and O–H groups in total. The van der Waals surface area contributed by atoms with Gasteiger partial charge in [0.15, 0.2) is 0 Å². The number of nitrogens with one attached hydrogen (secondary N) is 1. The molecule has 0 radical (unpaired) electrons. The van der Waals surface area contributed by atoms with Gasteiger partial charge in [0.25, 0.3) is 0 Å². The van der Waals surface area contributed by atoms with Crippen molar-refractivity contribution >= 4 is 17.3 Å². The van der Waals surface area contributed by atoms with Gasteiger partial charge in [0.05, 0.1) is 6.54 Å². The maximum Gasteiger partial charge on any atom is 0.243 e. The van der Waals surface area contributed by atoms with Crippen molar-refractivity contribution in [3.8, 4) is 0 Å². The molecule has 24 heavy (non-hydrogen) atoms. The van der Waals surface area contributed by atoms with E-state index in [0.717, 1.165) is 25.1 Å². The van der Waals surface area contributed by atoms with Gasteiger partial charge in [-0.15, -0.1) is 0 Å². The molecule has 0 atom stereocenters. The van der Waals surface area contributed by atoms with Crippen LogP contribution in [0.25, 0.3) is 0 Å². The molecule has 126 valence electrons. The van der Waals surface area contributed by atoms with Crippen molar-refractivity contribution in [2.45, 2.75) is 39.0 Å². The van der Waals surface area contributed by atoms with Gasteiger partial charge in [-0.3, -0.25) is 4.79 Å². The van der Waals surface area contributed by atoms with E-state index >= 15 is 0 Å². The predicted octanol–water partition coefficient (Wildman–Crippen LogP) is 4.38. The Kier molecular flexibility index (Phi) is 4.61. The van der Waals surface area contributed by atoms with E-state index in [0.29, 0.717) is 6.54 Å². The van der Waals surface area contributed by atoms with E-state index in [9.17, 15) is 4.79 Å². The Morgan fingerprint density at radius 2 is 1.79 bits per heavy atom. The van der Waals surface area contributed by atoms with Crippen molar-refractivity contribution in [3.63, 3.8) is 0 Å². The van der Waals surface area contributed by atoms with E-state index in [-0.39, 0.29) is 11.3 Å². The van der Waals surface area contributed by atoms with Crippen molar-refractivity contribution < 1.29 is 4.79 Å². The quantitative estimate of drug-likeness (QED) is 0.910. The first kappa shape index (κ1) is 16.6. The van der Waals surface area contributed by atoms with Gasteiger partial charge in [0, 0.05) is 17.9 Å². The number of para-hydroxylation sites is 1. The van der Waals surface area contributed by atoms with Crippen LogP contribution in [-0.4, -0.2) is 19.0 Å². The maximum absolute atomic E-state index is 12.4. The number of hydrogen-bond acceptors (Lipinski definition) is 2. The van der Waals surface area contributed by atoms with E-state index < -0.39 is 0 Å². The van der Waals surface area contributed by atoms with Crippen LogP contribution in [0.2, 0.25) is 0 Å². The molecule has 0 aliphatic carbocycles. The van der Waals surface area contributed by atoms with Crippen LogP contribution in [0, 0.1) is 0 Å². The third kappa shape index (κ3) is 3.78. The average molecular weight is 322 g/mol. The van der Waals surface area contributed by atoms with E-state index in [1.165, 1.54) is 16.8 Å². The highest BCUT2D eigenvalue weighted by atomic mass is 16.2. The molecule has 1 aliphatic rings. The number of amides is 1. The first-order chi connectivity index (χ1) is 11.4. The Balaban J connectivity index is 1.64. The summed E-state index contributed by atoms with van der Waals surface area (Å²) in [7, 11) is 0. The number of aryl methyl sites for hydroxylation is 1. The van der Waals surface area contributed by atoms with Crippen LogP contribution in [0.15, 0.2) is 48.5 Å². The summed E-state index contributed by atoms with van der Waals surface area (Å²) in [5, 5.41) is 3.02. The fraction of sp³-hybridized carbons (Fsp3) is 0.381. The molecule has 0 aromatic heterocycles. The fourth-order valence-electron chi connectivity index (χ4n) is 3.20. The summed E-state index contributed by atoms with van der Waals surface area (Å²) in [4.78, 5) is 14.6. The zero-order valence-corrected chi connectivity index (χ0v) is 14.8. The van der Waals surface area contributed by atoms with Crippen LogP contribution in [0.5, 0.6) is 0 Å². The first-order valence-corrected chi connectivity index (χ1v) is 8.67. The molecule has 0 unspecified atom stereocenters. The number of carbonyl (C=O) groups excluding carboxylic acids is 1. The summed E-state index contributed by atoms with van der Waals surface area (Å²) < 4.78 is 0. The lowest BCUT2D eigenvalue weighted by molar-refractivity contribution is -0.115. The van der Waals surface area contributed by atoms with Crippen molar-refractivity contribution in [1.82, 2.24) is 0 Å². The molecule has 0 bridgehead atoms. The van der Waals surface area contributed by atoms with Crippen LogP contribution >= 0.6 is 0 Å². The highest BCUT2D eigenvalue weighted by Gasteiger charge is 2.19. The monoisotopic (exact) mass is 322 g/mol. The zero-order chi connectivity index (χ0) is 17.2. The van der Waals surface area contributed by atoms with Crippen molar-refractivity contribution in [2.75, 3.05) is 23.3 Å². The third-order valence-corrected chi connectivity index (χ3v) is 4.58. The molecule has 0 fully saturated rings. The molecule has 0 saturated carbocycles. The molecular weight excluding hydrogens is 296 g/mol. The smallest absolute Gasteiger partial charge is 0.243 e. The topological polar surface area (TPSA) is 32.3 Å². The summed E-state index contributed by atoms with van der Waals surface area (Å²) in [6.45, 7) is 7.91. The second kappa shape index (κ2) is 6.68. The Labute approximate surface area is 144 Å². The molecule has 2 aromatic carbocycles. The van der Waals surface area contributed by atoms with Gasteiger partial charge in [0.2, 0.25) is 5.91 Å². The Morgan fingerprint density at radius 1 is 1.08 bits per heavy atom. The van der Waals surface area contributed by atoms with E-state index in [2.05, 4.69) is 61.3 Å². The Morgan fingerprint density at radius 3 is 2.50 bits per heavy atom. The lowest BCUT2D eigenvalue weighted by Gasteiger charge is -2.30. The highest BCUT2D eigenvalue weighted by Crippen LogP contribution is 2.27. The summed E-state index contributed by atoms with van der Waals surface area (Å²) in [5.74, 6) is 0.0372. The predicted molar refractivity (Wildman–Crippen MR) is 101 cm³/mol. The number of fused-ring (bicyclic) bond motifs is 1. The molecule has 1 amide bonds. The number of nitrogens with zero attached hydrogens (tertiary/aromatic N) is 1. The van der Waals surface area contributed by atoms with Gasteiger partial charge in [-0.2, -0.15) is 0 Å². The summed E-state index contributed by atoms with van der Waals surface area (Å²) in [5.41, 5.74) is 4.79. The van der Waals surface area contributed by atoms with Gasteiger partial charge in [-0.1, -0.05) is 51.1 Å². The van der Waals surface area contributed by atoms with E-state index in [1.54, 1.807) is 0 Å². The molecule has 1 aliphatic heterocycles. The fourth-order valence-corrected chi connectivity index (χ4v) is 3.20. The van der Waals surface area contributed by atoms with E-state index in [1.807, 2.05) is 18.2 Å². The number of rotatable bonds is 3. The lowest BCUT2D eigenvalue weighted by Crippen LogP contribution is -2.36. The molecule has 3 rings (SSSR count). The molecule has 0 spiro atoms. The number of benzene rings is 2. The van der Waals surface area contributed by atoms with Crippen LogP contribution in [0.1, 0.15) is 38.3 Å². The van der Waals surface area contributed by atoms with E-state index in [4.69, 9.17) is 0 Å². The molecule has 2 aromatic rings. The van der Waals surface area contributed by atoms with Crippen LogP contribution in [0.4, 0.5) is 11.4 Å². The van der Waals surface area contributed by atoms with Crippen molar-refractivity contribution in [3.05, 3.63) is 59.7 Å². The third-order valence-electron chi connectivity index (χ3n) is 4.58. The average Bonchev–Trinajstić information content (AvgIpc) is 2.55. The van der Waals surface area contributed by atoms with Crippen LogP contribution < -0.4 is 10.2 Å². The first-order valence-electron chi connectivity index (χ1n) is 8.67. The van der Waals surface area contributed by atoms with Crippen molar-refractivity contribution in [2.24, 2.45) is 0 Å². The van der Waals surface area contributed by atoms with Gasteiger partial charge in [0.1, 0.15) is 0 Å². The normalized spacial score (nSPS) is 14.2. The summed E-state index contributed by atoms with van der Waals surface area (Å²) in [6.07, 6.45) is 2.20. The number of anilines is 2. The molecular formula is C21H26N2O. The van der Waals surface area contributed by atoms with Gasteiger partial charge in [-0.05, 0) is 47.6 Å². The minimum Gasteiger partial charge on any atom is -0.362 e. The lowest BCUT2D eigenvalue weighted by atomic mass is 9.87. The molecule has 1 heterocycles. The van der Waals surface area contributed by atoms with Crippen molar-refractivity contribution in [1.29, 1.82) is 0 Å². The summed E-state index contributed by atoms with van der Waals surface area (Å²) in [6, 6.07) is 16.5. The maximum atomic E-state index is 12.4. The van der Waals surface area contributed by atoms with Crippen LogP contribution in [0.3, 0.4) is 0 Å². The van der Waals surface area contributed by atoms with Gasteiger partial charge < -0.3 is 10.2 Å². The molecule has 3 heteroatoms. The second-order valence-corrected chi connectivity index (χ2v) is 7.53. The summed E-state index contributed by atoms with van der Waals surface area (Å²) >= 11 is 0. The minimum atomic E-state index is 0.0372. The Bertz CT molecular complexity index is 713. The van der Waals surface area contributed by atoms with Crippen LogP contribution in [-0.2, 0) is 16.6 Å². The second-order valence-electron chi connectivity index (χ2n) is 7.53. The minimum absolute atomic E-state index is 0.0372. The molecule has 0 saturated heterocycles. The molecule has 3 nitrogen and oxygen atoms in total.